The van der Waals surface area contributed by atoms with Gasteiger partial charge in [-0.15, -0.1) is 0 Å². The molecule has 0 aromatic carbocycles. The Labute approximate surface area is 91.5 Å². The Kier molecular flexibility index (Phi) is 4.68. The van der Waals surface area contributed by atoms with E-state index in [0.717, 1.165) is 11.8 Å². The number of hydrogen-bond donors (Lipinski definition) is 0. The summed E-state index contributed by atoms with van der Waals surface area (Å²) in [6.07, 6.45) is 2.57. The Morgan fingerprint density at radius 3 is 1.43 bits per heavy atom. The lowest BCUT2D eigenvalue weighted by Crippen LogP contribution is -2.41. The van der Waals surface area contributed by atoms with Crippen molar-refractivity contribution in [1.82, 2.24) is 0 Å². The first-order chi connectivity index (χ1) is 6.23. The highest BCUT2D eigenvalue weighted by Crippen LogP contribution is 2.50. The lowest BCUT2D eigenvalue weighted by atomic mass is 9.56. The summed E-state index contributed by atoms with van der Waals surface area (Å²) >= 11 is 0. The van der Waals surface area contributed by atoms with E-state index in [1.807, 2.05) is 0 Å². The second-order valence-electron chi connectivity index (χ2n) is 6.02. The van der Waals surface area contributed by atoms with Gasteiger partial charge in [-0.3, -0.25) is 0 Å². The minimum atomic E-state index is 0.435. The van der Waals surface area contributed by atoms with Gasteiger partial charge in [-0.05, 0) is 22.7 Å². The van der Waals surface area contributed by atoms with Crippen LogP contribution in [0.15, 0.2) is 0 Å². The molecule has 0 nitrogen and oxygen atoms in total. The molecular weight excluding hydrogens is 168 g/mol. The molecule has 14 heavy (non-hydrogen) atoms. The molecule has 0 amide bonds. The van der Waals surface area contributed by atoms with Crippen LogP contribution in [0.2, 0.25) is 0 Å². The van der Waals surface area contributed by atoms with Gasteiger partial charge in [-0.25, -0.2) is 0 Å². The fourth-order valence-corrected chi connectivity index (χ4v) is 2.54. The average Bonchev–Trinajstić information content (AvgIpc) is 2.14. The molecule has 0 saturated heterocycles. The minimum absolute atomic E-state index is 0.435. The van der Waals surface area contributed by atoms with Gasteiger partial charge in [0.05, 0.1) is 0 Å². The molecule has 0 N–H and O–H groups in total. The van der Waals surface area contributed by atoms with E-state index in [1.165, 1.54) is 12.8 Å². The van der Waals surface area contributed by atoms with Gasteiger partial charge in [0, 0.05) is 0 Å². The quantitative estimate of drug-likeness (QED) is 0.574. The van der Waals surface area contributed by atoms with Gasteiger partial charge in [-0.2, -0.15) is 0 Å². The van der Waals surface area contributed by atoms with Crippen LogP contribution in [0.3, 0.4) is 0 Å². The second-order valence-corrected chi connectivity index (χ2v) is 6.02. The SMILES string of the molecule is CCC(C)(CC)C(C)(C)C(C)C(C)C. The van der Waals surface area contributed by atoms with Gasteiger partial charge in [0.15, 0.2) is 0 Å². The molecule has 0 bridgehead atoms. The summed E-state index contributed by atoms with van der Waals surface area (Å²) in [5.74, 6) is 1.56. The zero-order chi connectivity index (χ0) is 11.6. The van der Waals surface area contributed by atoms with Crippen molar-refractivity contribution in [2.45, 2.75) is 68.2 Å². The third-order valence-electron chi connectivity index (χ3n) is 5.25. The molecule has 0 aliphatic rings. The second kappa shape index (κ2) is 4.68. The maximum Gasteiger partial charge on any atom is -0.0272 e. The van der Waals surface area contributed by atoms with Gasteiger partial charge in [0.1, 0.15) is 0 Å². The predicted molar refractivity (Wildman–Crippen MR) is 66.5 cm³/mol. The largest absolute Gasteiger partial charge is 0.0648 e. The van der Waals surface area contributed by atoms with Gasteiger partial charge in [0.25, 0.3) is 0 Å². The van der Waals surface area contributed by atoms with E-state index < -0.39 is 0 Å². The molecule has 0 aromatic rings. The summed E-state index contributed by atoms with van der Waals surface area (Å²) in [4.78, 5) is 0. The van der Waals surface area contributed by atoms with Crippen molar-refractivity contribution in [3.63, 3.8) is 0 Å². The first-order valence-corrected chi connectivity index (χ1v) is 6.23. The summed E-state index contributed by atoms with van der Waals surface area (Å²) in [7, 11) is 0. The third-order valence-corrected chi connectivity index (χ3v) is 5.25. The Balaban J connectivity index is 4.90. The van der Waals surface area contributed by atoms with Crippen LogP contribution < -0.4 is 0 Å². The molecule has 0 heteroatoms. The van der Waals surface area contributed by atoms with Crippen LogP contribution in [0.4, 0.5) is 0 Å². The topological polar surface area (TPSA) is 0 Å². The van der Waals surface area contributed by atoms with Crippen molar-refractivity contribution in [1.29, 1.82) is 0 Å². The van der Waals surface area contributed by atoms with Crippen LogP contribution in [0.5, 0.6) is 0 Å². The Morgan fingerprint density at radius 2 is 1.21 bits per heavy atom. The van der Waals surface area contributed by atoms with E-state index >= 15 is 0 Å². The van der Waals surface area contributed by atoms with Gasteiger partial charge in [0.2, 0.25) is 0 Å². The average molecular weight is 198 g/mol. The molecule has 1 unspecified atom stereocenters. The lowest BCUT2D eigenvalue weighted by Gasteiger charge is -2.49. The fraction of sp³-hybridized carbons (Fsp3) is 1.00. The molecule has 0 saturated carbocycles. The Hall–Kier alpha value is 0. The van der Waals surface area contributed by atoms with Crippen molar-refractivity contribution >= 4 is 0 Å². The maximum absolute atomic E-state index is 2.45. The van der Waals surface area contributed by atoms with Gasteiger partial charge < -0.3 is 0 Å². The molecule has 0 spiro atoms. The number of rotatable bonds is 5. The maximum atomic E-state index is 2.45. The molecule has 0 aliphatic heterocycles. The smallest absolute Gasteiger partial charge is 0.0272 e. The van der Waals surface area contributed by atoms with Crippen LogP contribution in [0.25, 0.3) is 0 Å². The standard InChI is InChI=1S/C14H30/c1-9-14(8,10-2)13(6,7)12(5)11(3)4/h11-12H,9-10H2,1-8H3. The summed E-state index contributed by atoms with van der Waals surface area (Å²) in [5, 5.41) is 0. The molecule has 86 valence electrons. The fourth-order valence-electron chi connectivity index (χ4n) is 2.54. The van der Waals surface area contributed by atoms with Crippen molar-refractivity contribution in [2.75, 3.05) is 0 Å². The van der Waals surface area contributed by atoms with E-state index in [9.17, 15) is 0 Å². The first-order valence-electron chi connectivity index (χ1n) is 6.23. The summed E-state index contributed by atoms with van der Waals surface area (Å²) in [5.41, 5.74) is 0.918. The van der Waals surface area contributed by atoms with Crippen molar-refractivity contribution < 1.29 is 0 Å². The van der Waals surface area contributed by atoms with Crippen molar-refractivity contribution in [2.24, 2.45) is 22.7 Å². The number of hydrogen-bond acceptors (Lipinski definition) is 0. The molecule has 0 aliphatic carbocycles. The first kappa shape index (κ1) is 14.0. The molecule has 0 heterocycles. The molecule has 1 atom stereocenters. The third kappa shape index (κ3) is 2.32. The van der Waals surface area contributed by atoms with Crippen LogP contribution in [-0.2, 0) is 0 Å². The molecule has 0 radical (unpaired) electrons. The normalized spacial score (nSPS) is 16.1. The molecule has 0 fully saturated rings. The van der Waals surface area contributed by atoms with Crippen LogP contribution >= 0.6 is 0 Å². The highest BCUT2D eigenvalue weighted by atomic mass is 14.5. The van der Waals surface area contributed by atoms with E-state index in [2.05, 4.69) is 55.4 Å². The van der Waals surface area contributed by atoms with E-state index in [-0.39, 0.29) is 0 Å². The highest BCUT2D eigenvalue weighted by molar-refractivity contribution is 4.91. The Morgan fingerprint density at radius 1 is 0.857 bits per heavy atom. The van der Waals surface area contributed by atoms with Crippen LogP contribution in [0, 0.1) is 22.7 Å². The van der Waals surface area contributed by atoms with Gasteiger partial charge in [-0.1, -0.05) is 68.2 Å². The monoisotopic (exact) mass is 198 g/mol. The Bertz CT molecular complexity index is 161. The van der Waals surface area contributed by atoms with E-state index in [4.69, 9.17) is 0 Å². The van der Waals surface area contributed by atoms with Crippen molar-refractivity contribution in [3.05, 3.63) is 0 Å². The molecule has 0 aromatic heterocycles. The van der Waals surface area contributed by atoms with Crippen molar-refractivity contribution in [3.8, 4) is 0 Å². The van der Waals surface area contributed by atoms with E-state index in [0.29, 0.717) is 10.8 Å². The van der Waals surface area contributed by atoms with Gasteiger partial charge >= 0.3 is 0 Å². The zero-order valence-electron chi connectivity index (χ0n) is 11.6. The summed E-state index contributed by atoms with van der Waals surface area (Å²) in [6.45, 7) is 19.1. The molecular formula is C14H30. The zero-order valence-corrected chi connectivity index (χ0v) is 11.6. The summed E-state index contributed by atoms with van der Waals surface area (Å²) in [6, 6.07) is 0. The van der Waals surface area contributed by atoms with Crippen LogP contribution in [0.1, 0.15) is 68.2 Å². The predicted octanol–water partition coefficient (Wildman–Crippen LogP) is 5.13. The highest BCUT2D eigenvalue weighted by Gasteiger charge is 2.42. The molecule has 0 rings (SSSR count). The lowest BCUT2D eigenvalue weighted by molar-refractivity contribution is 0.00336. The van der Waals surface area contributed by atoms with E-state index in [1.54, 1.807) is 0 Å². The summed E-state index contributed by atoms with van der Waals surface area (Å²) < 4.78 is 0. The van der Waals surface area contributed by atoms with Crippen LogP contribution in [-0.4, -0.2) is 0 Å². The minimum Gasteiger partial charge on any atom is -0.0648 e.